The standard InChI is InChI=1S/C8H11N3O2/c1-9-7-2-10-3-8(11-7)13-6-4-12-5-6/h2-3,6H,4-5H2,1H3,(H,9,11). The van der Waals surface area contributed by atoms with Crippen LogP contribution in [-0.4, -0.2) is 36.3 Å². The Morgan fingerprint density at radius 3 is 3.00 bits per heavy atom. The van der Waals surface area contributed by atoms with Gasteiger partial charge in [-0.25, -0.2) is 0 Å². The average Bonchev–Trinajstić information content (AvgIpc) is 2.12. The molecular formula is C8H11N3O2. The molecule has 70 valence electrons. The molecule has 1 saturated heterocycles. The molecule has 13 heavy (non-hydrogen) atoms. The summed E-state index contributed by atoms with van der Waals surface area (Å²) in [5, 5.41) is 2.89. The Kier molecular flexibility index (Phi) is 2.27. The van der Waals surface area contributed by atoms with Crippen LogP contribution < -0.4 is 10.1 Å². The highest BCUT2D eigenvalue weighted by molar-refractivity contribution is 5.31. The fourth-order valence-corrected chi connectivity index (χ4v) is 0.978. The Labute approximate surface area is 76.1 Å². The van der Waals surface area contributed by atoms with Gasteiger partial charge in [-0.05, 0) is 0 Å². The molecule has 0 aliphatic carbocycles. The van der Waals surface area contributed by atoms with Crippen LogP contribution in [-0.2, 0) is 4.74 Å². The monoisotopic (exact) mass is 181 g/mol. The lowest BCUT2D eigenvalue weighted by Crippen LogP contribution is -2.38. The van der Waals surface area contributed by atoms with E-state index in [1.165, 1.54) is 0 Å². The van der Waals surface area contributed by atoms with Gasteiger partial charge in [-0.3, -0.25) is 4.98 Å². The van der Waals surface area contributed by atoms with Crippen LogP contribution in [0.2, 0.25) is 0 Å². The molecule has 0 saturated carbocycles. The van der Waals surface area contributed by atoms with Crippen molar-refractivity contribution in [2.45, 2.75) is 6.10 Å². The Hall–Kier alpha value is -1.36. The van der Waals surface area contributed by atoms with Gasteiger partial charge in [0.25, 0.3) is 0 Å². The topological polar surface area (TPSA) is 56.3 Å². The van der Waals surface area contributed by atoms with E-state index in [1.54, 1.807) is 19.4 Å². The van der Waals surface area contributed by atoms with Crippen molar-refractivity contribution in [1.29, 1.82) is 0 Å². The van der Waals surface area contributed by atoms with Crippen molar-refractivity contribution < 1.29 is 9.47 Å². The number of hydrogen-bond acceptors (Lipinski definition) is 5. The first-order valence-corrected chi connectivity index (χ1v) is 4.12. The molecule has 1 aromatic heterocycles. The van der Waals surface area contributed by atoms with E-state index >= 15 is 0 Å². The van der Waals surface area contributed by atoms with Crippen molar-refractivity contribution in [2.24, 2.45) is 0 Å². The van der Waals surface area contributed by atoms with Crippen molar-refractivity contribution in [3.8, 4) is 5.88 Å². The SMILES string of the molecule is CNc1cncc(OC2COC2)n1. The summed E-state index contributed by atoms with van der Waals surface area (Å²) in [7, 11) is 1.79. The molecule has 0 atom stereocenters. The highest BCUT2D eigenvalue weighted by atomic mass is 16.6. The molecule has 5 heteroatoms. The van der Waals surface area contributed by atoms with E-state index < -0.39 is 0 Å². The van der Waals surface area contributed by atoms with E-state index in [0.29, 0.717) is 24.9 Å². The zero-order valence-corrected chi connectivity index (χ0v) is 7.36. The third-order valence-corrected chi connectivity index (χ3v) is 1.76. The first-order valence-electron chi connectivity index (χ1n) is 4.12. The second-order valence-corrected chi connectivity index (χ2v) is 2.77. The molecule has 0 bridgehead atoms. The third kappa shape index (κ3) is 1.86. The minimum absolute atomic E-state index is 0.140. The Morgan fingerprint density at radius 2 is 2.38 bits per heavy atom. The molecule has 1 fully saturated rings. The number of aromatic nitrogens is 2. The molecule has 2 rings (SSSR count). The quantitative estimate of drug-likeness (QED) is 0.726. The van der Waals surface area contributed by atoms with Gasteiger partial charge < -0.3 is 14.8 Å². The summed E-state index contributed by atoms with van der Waals surface area (Å²) in [6, 6.07) is 0. The summed E-state index contributed by atoms with van der Waals surface area (Å²) in [5.74, 6) is 1.25. The molecule has 0 amide bonds. The maximum absolute atomic E-state index is 5.45. The Bertz CT molecular complexity index is 288. The molecule has 1 aliphatic heterocycles. The number of nitrogens with zero attached hydrogens (tertiary/aromatic N) is 2. The fourth-order valence-electron chi connectivity index (χ4n) is 0.978. The minimum atomic E-state index is 0.140. The van der Waals surface area contributed by atoms with Gasteiger partial charge >= 0.3 is 0 Å². The second kappa shape index (κ2) is 3.57. The van der Waals surface area contributed by atoms with Crippen molar-refractivity contribution in [1.82, 2.24) is 9.97 Å². The first kappa shape index (κ1) is 8.25. The van der Waals surface area contributed by atoms with Crippen LogP contribution >= 0.6 is 0 Å². The van der Waals surface area contributed by atoms with Crippen LogP contribution in [0, 0.1) is 0 Å². The van der Waals surface area contributed by atoms with Crippen LogP contribution in [0.4, 0.5) is 5.82 Å². The van der Waals surface area contributed by atoms with Crippen LogP contribution in [0.5, 0.6) is 5.88 Å². The van der Waals surface area contributed by atoms with Crippen molar-refractivity contribution in [2.75, 3.05) is 25.6 Å². The lowest BCUT2D eigenvalue weighted by molar-refractivity contribution is -0.0814. The van der Waals surface area contributed by atoms with Gasteiger partial charge in [-0.15, -0.1) is 0 Å². The predicted molar refractivity (Wildman–Crippen MR) is 46.8 cm³/mol. The summed E-state index contributed by atoms with van der Waals surface area (Å²) >= 11 is 0. The molecule has 2 heterocycles. The number of ether oxygens (including phenoxy) is 2. The molecular weight excluding hydrogens is 170 g/mol. The molecule has 1 N–H and O–H groups in total. The number of rotatable bonds is 3. The molecule has 1 aromatic rings. The highest BCUT2D eigenvalue weighted by Crippen LogP contribution is 2.13. The molecule has 0 aromatic carbocycles. The van der Waals surface area contributed by atoms with Crippen LogP contribution in [0.1, 0.15) is 0 Å². The van der Waals surface area contributed by atoms with Crippen molar-refractivity contribution >= 4 is 5.82 Å². The lowest BCUT2D eigenvalue weighted by Gasteiger charge is -2.25. The summed E-state index contributed by atoms with van der Waals surface area (Å²) < 4.78 is 10.4. The van der Waals surface area contributed by atoms with Crippen LogP contribution in [0.15, 0.2) is 12.4 Å². The van der Waals surface area contributed by atoms with E-state index in [1.807, 2.05) is 0 Å². The largest absolute Gasteiger partial charge is 0.468 e. The zero-order valence-electron chi connectivity index (χ0n) is 7.36. The number of nitrogens with one attached hydrogen (secondary N) is 1. The summed E-state index contributed by atoms with van der Waals surface area (Å²) in [5.41, 5.74) is 0. The minimum Gasteiger partial charge on any atom is -0.468 e. The smallest absolute Gasteiger partial charge is 0.234 e. The predicted octanol–water partition coefficient (Wildman–Crippen LogP) is 0.296. The number of anilines is 1. The second-order valence-electron chi connectivity index (χ2n) is 2.77. The zero-order chi connectivity index (χ0) is 9.10. The molecule has 0 radical (unpaired) electrons. The third-order valence-electron chi connectivity index (χ3n) is 1.76. The fraction of sp³-hybridized carbons (Fsp3) is 0.500. The summed E-state index contributed by atoms with van der Waals surface area (Å²) in [6.45, 7) is 1.29. The van der Waals surface area contributed by atoms with E-state index in [9.17, 15) is 0 Å². The molecule has 0 unspecified atom stereocenters. The Morgan fingerprint density at radius 1 is 1.54 bits per heavy atom. The van der Waals surface area contributed by atoms with Gasteiger partial charge in [0, 0.05) is 7.05 Å². The normalized spacial score (nSPS) is 16.4. The molecule has 1 aliphatic rings. The lowest BCUT2D eigenvalue weighted by atomic mass is 10.3. The average molecular weight is 181 g/mol. The van der Waals surface area contributed by atoms with Gasteiger partial charge in [0.2, 0.25) is 5.88 Å². The van der Waals surface area contributed by atoms with Gasteiger partial charge in [0.15, 0.2) is 0 Å². The molecule has 0 spiro atoms. The highest BCUT2D eigenvalue weighted by Gasteiger charge is 2.20. The van der Waals surface area contributed by atoms with E-state index in [-0.39, 0.29) is 6.10 Å². The molecule has 5 nitrogen and oxygen atoms in total. The van der Waals surface area contributed by atoms with E-state index in [4.69, 9.17) is 9.47 Å². The van der Waals surface area contributed by atoms with Gasteiger partial charge in [0.05, 0.1) is 25.6 Å². The number of hydrogen-bond donors (Lipinski definition) is 1. The summed E-state index contributed by atoms with van der Waals surface area (Å²) in [6.07, 6.45) is 3.38. The van der Waals surface area contributed by atoms with E-state index in [2.05, 4.69) is 15.3 Å². The van der Waals surface area contributed by atoms with Gasteiger partial charge in [-0.2, -0.15) is 4.98 Å². The first-order chi connectivity index (χ1) is 6.38. The van der Waals surface area contributed by atoms with Gasteiger partial charge in [0.1, 0.15) is 11.9 Å². The summed E-state index contributed by atoms with van der Waals surface area (Å²) in [4.78, 5) is 8.14. The van der Waals surface area contributed by atoms with E-state index in [0.717, 1.165) is 0 Å². The van der Waals surface area contributed by atoms with Crippen molar-refractivity contribution in [3.05, 3.63) is 12.4 Å². The Balaban J connectivity index is 2.01. The van der Waals surface area contributed by atoms with Crippen LogP contribution in [0.25, 0.3) is 0 Å². The maximum atomic E-state index is 5.45. The van der Waals surface area contributed by atoms with Crippen LogP contribution in [0.3, 0.4) is 0 Å². The van der Waals surface area contributed by atoms with Crippen molar-refractivity contribution in [3.63, 3.8) is 0 Å². The van der Waals surface area contributed by atoms with Gasteiger partial charge in [-0.1, -0.05) is 0 Å². The maximum Gasteiger partial charge on any atom is 0.234 e.